The van der Waals surface area contributed by atoms with Gasteiger partial charge < -0.3 is 5.32 Å². The first-order valence-corrected chi connectivity index (χ1v) is 10.2. The summed E-state index contributed by atoms with van der Waals surface area (Å²) in [6.45, 7) is 1.44. The summed E-state index contributed by atoms with van der Waals surface area (Å²) in [7, 11) is 0. The molecule has 0 atom stereocenters. The molecule has 10 nitrogen and oxygen atoms in total. The van der Waals surface area contributed by atoms with Gasteiger partial charge in [0.15, 0.2) is 0 Å². The first kappa shape index (κ1) is 20.9. The number of thiazole rings is 1. The standard InChI is InChI=1S/C21H16N6O4S/c1-13(28)22-16-8-6-15(7-9-16)18-12-32-21-24-20(25-26(18)21)23-19(29)10-5-14-3-2-4-17(11-14)27(30)31/h2-12H,1H3,(H,22,28)(H,23,25,29)/b10-5+. The molecule has 2 amide bonds. The number of amides is 2. The summed E-state index contributed by atoms with van der Waals surface area (Å²) < 4.78 is 1.62. The van der Waals surface area contributed by atoms with Gasteiger partial charge in [-0.05, 0) is 23.8 Å². The predicted molar refractivity (Wildman–Crippen MR) is 121 cm³/mol. The van der Waals surface area contributed by atoms with Gasteiger partial charge in [-0.15, -0.1) is 16.4 Å². The molecule has 2 heterocycles. The molecule has 0 saturated heterocycles. The molecule has 11 heteroatoms. The molecule has 2 N–H and O–H groups in total. The molecule has 0 radical (unpaired) electrons. The van der Waals surface area contributed by atoms with E-state index in [2.05, 4.69) is 20.7 Å². The number of nitrogens with zero attached hydrogens (tertiary/aromatic N) is 4. The third-order valence-corrected chi connectivity index (χ3v) is 5.14. The second kappa shape index (κ2) is 8.78. The molecule has 4 rings (SSSR count). The maximum atomic E-state index is 12.2. The maximum absolute atomic E-state index is 12.2. The van der Waals surface area contributed by atoms with Crippen molar-refractivity contribution < 1.29 is 14.5 Å². The van der Waals surface area contributed by atoms with E-state index in [4.69, 9.17) is 0 Å². The number of aromatic nitrogens is 3. The van der Waals surface area contributed by atoms with Gasteiger partial charge in [0.2, 0.25) is 10.9 Å². The van der Waals surface area contributed by atoms with Crippen LogP contribution in [0.25, 0.3) is 22.3 Å². The van der Waals surface area contributed by atoms with Crippen LogP contribution in [0.1, 0.15) is 12.5 Å². The Morgan fingerprint density at radius 1 is 1.16 bits per heavy atom. The number of carbonyl (C=O) groups is 2. The van der Waals surface area contributed by atoms with Crippen LogP contribution >= 0.6 is 11.3 Å². The highest BCUT2D eigenvalue weighted by Gasteiger charge is 2.13. The highest BCUT2D eigenvalue weighted by atomic mass is 32.1. The number of carbonyl (C=O) groups excluding carboxylic acids is 2. The second-order valence-electron chi connectivity index (χ2n) is 6.68. The van der Waals surface area contributed by atoms with Crippen molar-refractivity contribution in [3.8, 4) is 11.3 Å². The minimum atomic E-state index is -0.496. The lowest BCUT2D eigenvalue weighted by Gasteiger charge is -2.03. The fourth-order valence-electron chi connectivity index (χ4n) is 2.93. The zero-order valence-corrected chi connectivity index (χ0v) is 17.5. The first-order chi connectivity index (χ1) is 15.4. The number of nitrogens with one attached hydrogen (secondary N) is 2. The number of benzene rings is 2. The van der Waals surface area contributed by atoms with E-state index in [1.54, 1.807) is 28.8 Å². The van der Waals surface area contributed by atoms with Crippen molar-refractivity contribution in [2.24, 2.45) is 0 Å². The summed E-state index contributed by atoms with van der Waals surface area (Å²) in [5, 5.41) is 22.4. The Hall–Kier alpha value is -4.38. The van der Waals surface area contributed by atoms with E-state index in [1.165, 1.54) is 42.5 Å². The smallest absolute Gasteiger partial charge is 0.270 e. The molecule has 2 aromatic heterocycles. The Morgan fingerprint density at radius 3 is 2.66 bits per heavy atom. The number of rotatable bonds is 6. The van der Waals surface area contributed by atoms with Gasteiger partial charge in [0.25, 0.3) is 17.5 Å². The van der Waals surface area contributed by atoms with Crippen LogP contribution in [-0.2, 0) is 9.59 Å². The van der Waals surface area contributed by atoms with Crippen LogP contribution in [0.5, 0.6) is 0 Å². The summed E-state index contributed by atoms with van der Waals surface area (Å²) in [6, 6.07) is 13.2. The van der Waals surface area contributed by atoms with Crippen LogP contribution in [0.4, 0.5) is 17.3 Å². The first-order valence-electron chi connectivity index (χ1n) is 9.35. The molecule has 32 heavy (non-hydrogen) atoms. The molecule has 160 valence electrons. The van der Waals surface area contributed by atoms with E-state index in [0.717, 1.165) is 11.3 Å². The molecular formula is C21H16N6O4S. The van der Waals surface area contributed by atoms with E-state index in [-0.39, 0.29) is 17.5 Å². The van der Waals surface area contributed by atoms with Gasteiger partial charge in [-0.25, -0.2) is 4.52 Å². The van der Waals surface area contributed by atoms with E-state index < -0.39 is 10.8 Å². The zero-order valence-electron chi connectivity index (χ0n) is 16.7. The Bertz CT molecular complexity index is 1360. The van der Waals surface area contributed by atoms with E-state index in [1.807, 2.05) is 17.5 Å². The predicted octanol–water partition coefficient (Wildman–Crippen LogP) is 3.98. The number of nitro groups is 1. The SMILES string of the molecule is CC(=O)Nc1ccc(-c2csc3nc(NC(=O)/C=C/c4cccc([N+](=O)[O-])c4)nn23)cc1. The minimum Gasteiger partial charge on any atom is -0.326 e. The quantitative estimate of drug-likeness (QED) is 0.261. The van der Waals surface area contributed by atoms with Gasteiger partial charge >= 0.3 is 0 Å². The summed E-state index contributed by atoms with van der Waals surface area (Å²) in [6.07, 6.45) is 2.73. The van der Waals surface area contributed by atoms with Crippen molar-refractivity contribution in [1.29, 1.82) is 0 Å². The largest absolute Gasteiger partial charge is 0.326 e. The Morgan fingerprint density at radius 2 is 1.94 bits per heavy atom. The monoisotopic (exact) mass is 448 g/mol. The van der Waals surface area contributed by atoms with Gasteiger partial charge in [-0.1, -0.05) is 24.3 Å². The zero-order chi connectivity index (χ0) is 22.7. The molecule has 0 saturated carbocycles. The molecule has 0 aliphatic carbocycles. The average Bonchev–Trinajstić information content (AvgIpc) is 3.33. The van der Waals surface area contributed by atoms with E-state index in [0.29, 0.717) is 16.2 Å². The number of nitro benzene ring substituents is 1. The van der Waals surface area contributed by atoms with Crippen LogP contribution < -0.4 is 10.6 Å². The Kier molecular flexibility index (Phi) is 5.73. The van der Waals surface area contributed by atoms with Crippen LogP contribution in [0.2, 0.25) is 0 Å². The van der Waals surface area contributed by atoms with Crippen molar-refractivity contribution >= 4 is 51.5 Å². The third kappa shape index (κ3) is 4.68. The van der Waals surface area contributed by atoms with Crippen molar-refractivity contribution in [3.63, 3.8) is 0 Å². The molecule has 0 unspecified atom stereocenters. The van der Waals surface area contributed by atoms with Crippen molar-refractivity contribution in [3.05, 3.63) is 75.7 Å². The number of anilines is 2. The average molecular weight is 448 g/mol. The highest BCUT2D eigenvalue weighted by molar-refractivity contribution is 7.15. The number of fused-ring (bicyclic) bond motifs is 1. The summed E-state index contributed by atoms with van der Waals surface area (Å²) in [5.41, 5.74) is 2.83. The molecule has 0 aliphatic heterocycles. The van der Waals surface area contributed by atoms with Crippen LogP contribution in [-0.4, -0.2) is 31.3 Å². The molecule has 0 bridgehead atoms. The lowest BCUT2D eigenvalue weighted by atomic mass is 10.1. The highest BCUT2D eigenvalue weighted by Crippen LogP contribution is 2.27. The van der Waals surface area contributed by atoms with Gasteiger partial charge in [-0.2, -0.15) is 4.98 Å². The van der Waals surface area contributed by atoms with Gasteiger partial charge in [0, 0.05) is 41.8 Å². The van der Waals surface area contributed by atoms with Crippen molar-refractivity contribution in [1.82, 2.24) is 14.6 Å². The normalized spacial score (nSPS) is 11.0. The van der Waals surface area contributed by atoms with Crippen molar-refractivity contribution in [2.75, 3.05) is 10.6 Å². The van der Waals surface area contributed by atoms with Gasteiger partial charge in [0.05, 0.1) is 10.6 Å². The second-order valence-corrected chi connectivity index (χ2v) is 7.52. The molecule has 2 aromatic carbocycles. The number of hydrogen-bond acceptors (Lipinski definition) is 7. The summed E-state index contributed by atoms with van der Waals surface area (Å²) in [5.74, 6) is -0.468. The molecule has 0 aliphatic rings. The van der Waals surface area contributed by atoms with Crippen LogP contribution in [0, 0.1) is 10.1 Å². The Balaban J connectivity index is 1.48. The van der Waals surface area contributed by atoms with E-state index in [9.17, 15) is 19.7 Å². The van der Waals surface area contributed by atoms with Gasteiger partial charge in [-0.3, -0.25) is 25.0 Å². The number of non-ortho nitro benzene ring substituents is 1. The lowest BCUT2D eigenvalue weighted by molar-refractivity contribution is -0.384. The molecular weight excluding hydrogens is 432 g/mol. The molecule has 4 aromatic rings. The van der Waals surface area contributed by atoms with Crippen LogP contribution in [0.15, 0.2) is 60.0 Å². The maximum Gasteiger partial charge on any atom is 0.270 e. The topological polar surface area (TPSA) is 132 Å². The lowest BCUT2D eigenvalue weighted by Crippen LogP contribution is -2.09. The van der Waals surface area contributed by atoms with Crippen molar-refractivity contribution in [2.45, 2.75) is 6.92 Å². The molecule has 0 spiro atoms. The Labute approximate surface area is 185 Å². The number of hydrogen-bond donors (Lipinski definition) is 2. The van der Waals surface area contributed by atoms with E-state index >= 15 is 0 Å². The fourth-order valence-corrected chi connectivity index (χ4v) is 3.76. The summed E-state index contributed by atoms with van der Waals surface area (Å²) >= 11 is 1.37. The van der Waals surface area contributed by atoms with Crippen LogP contribution in [0.3, 0.4) is 0 Å². The summed E-state index contributed by atoms with van der Waals surface area (Å²) in [4.78, 5) is 38.7. The molecule has 0 fully saturated rings. The fraction of sp³-hybridized carbons (Fsp3) is 0.0476. The van der Waals surface area contributed by atoms with Gasteiger partial charge in [0.1, 0.15) is 0 Å². The third-order valence-electron chi connectivity index (χ3n) is 4.33. The minimum absolute atomic E-state index is 0.0544.